The van der Waals surface area contributed by atoms with E-state index in [0.29, 0.717) is 5.57 Å². The molecule has 0 spiro atoms. The van der Waals surface area contributed by atoms with Crippen molar-refractivity contribution in [1.82, 2.24) is 0 Å². The fourth-order valence-corrected chi connectivity index (χ4v) is 5.09. The second-order valence-electron chi connectivity index (χ2n) is 9.60. The maximum absolute atomic E-state index is 10.6. The summed E-state index contributed by atoms with van der Waals surface area (Å²) in [6.45, 7) is 12.3. The molecule has 5 nitrogen and oxygen atoms in total. The van der Waals surface area contributed by atoms with Crippen LogP contribution in [0.4, 0.5) is 0 Å². The first kappa shape index (κ1) is 24.9. The molecule has 1 aromatic rings. The number of aliphatic hydroxyl groups is 4. The number of hydrogen-bond acceptors (Lipinski definition) is 5. The number of hydrogen-bond donors (Lipinski definition) is 4. The summed E-state index contributed by atoms with van der Waals surface area (Å²) >= 11 is 0. The minimum atomic E-state index is -1.40. The highest BCUT2D eigenvalue weighted by Gasteiger charge is 2.45. The van der Waals surface area contributed by atoms with Gasteiger partial charge in [0.15, 0.2) is 0 Å². The smallest absolute Gasteiger partial charge is 0.113 e. The largest absolute Gasteiger partial charge is 0.394 e. The van der Waals surface area contributed by atoms with E-state index in [9.17, 15) is 20.4 Å². The highest BCUT2D eigenvalue weighted by molar-refractivity contribution is 5.51. The summed E-state index contributed by atoms with van der Waals surface area (Å²) in [5.74, 6) is 0.144. The van der Waals surface area contributed by atoms with Crippen LogP contribution in [0.3, 0.4) is 0 Å². The van der Waals surface area contributed by atoms with E-state index >= 15 is 0 Å². The minimum Gasteiger partial charge on any atom is -0.394 e. The Bertz CT molecular complexity index is 878. The van der Waals surface area contributed by atoms with Crippen molar-refractivity contribution in [3.05, 3.63) is 69.8 Å². The first-order chi connectivity index (χ1) is 15.1. The standard InChI is InChI=1S/C27H38O5/c1-15(2)23(18(5)27-26(31)25(30)24(29)22(14-28)32-27)21-8-6-7-20(21)17(4)13-19-11-9-16(3)10-12-19/h9-12,15,22,24-31H,5-8,13-14H2,1-4H3/b20-17+,23-21-/t22-,24-,25+,26-,27+/m1/s1. The van der Waals surface area contributed by atoms with E-state index in [0.717, 1.165) is 31.3 Å². The fourth-order valence-electron chi connectivity index (χ4n) is 5.09. The first-order valence-electron chi connectivity index (χ1n) is 11.6. The predicted molar refractivity (Wildman–Crippen MR) is 126 cm³/mol. The maximum Gasteiger partial charge on any atom is 0.113 e. The molecule has 0 bridgehead atoms. The molecule has 1 heterocycles. The summed E-state index contributed by atoms with van der Waals surface area (Å²) in [5.41, 5.74) is 8.14. The average Bonchev–Trinajstić information content (AvgIpc) is 3.23. The van der Waals surface area contributed by atoms with Gasteiger partial charge in [0.1, 0.15) is 30.5 Å². The van der Waals surface area contributed by atoms with E-state index in [2.05, 4.69) is 58.5 Å². The fraction of sp³-hybridized carbons (Fsp3) is 0.556. The molecule has 0 amide bonds. The van der Waals surface area contributed by atoms with Crippen LogP contribution in [-0.4, -0.2) is 57.6 Å². The van der Waals surface area contributed by atoms with E-state index in [-0.39, 0.29) is 5.92 Å². The summed E-state index contributed by atoms with van der Waals surface area (Å²) < 4.78 is 5.83. The molecule has 5 atom stereocenters. The van der Waals surface area contributed by atoms with Crippen molar-refractivity contribution >= 4 is 0 Å². The summed E-state index contributed by atoms with van der Waals surface area (Å²) in [7, 11) is 0. The zero-order valence-corrected chi connectivity index (χ0v) is 19.7. The number of benzene rings is 1. The molecular weight excluding hydrogens is 404 g/mol. The molecule has 1 aliphatic heterocycles. The Morgan fingerprint density at radius 1 is 1.03 bits per heavy atom. The third-order valence-electron chi connectivity index (χ3n) is 6.81. The van der Waals surface area contributed by atoms with Gasteiger partial charge in [-0.1, -0.05) is 55.8 Å². The minimum absolute atomic E-state index is 0.144. The summed E-state index contributed by atoms with van der Waals surface area (Å²) in [6.07, 6.45) is -2.00. The zero-order valence-electron chi connectivity index (χ0n) is 19.7. The van der Waals surface area contributed by atoms with Gasteiger partial charge in [0, 0.05) is 0 Å². The molecule has 2 fully saturated rings. The Kier molecular flexibility index (Phi) is 8.12. The summed E-state index contributed by atoms with van der Waals surface area (Å²) in [6, 6.07) is 8.63. The van der Waals surface area contributed by atoms with Gasteiger partial charge >= 0.3 is 0 Å². The van der Waals surface area contributed by atoms with Gasteiger partial charge in [-0.2, -0.15) is 0 Å². The molecule has 0 radical (unpaired) electrons. The molecule has 2 aliphatic rings. The molecule has 1 aromatic carbocycles. The lowest BCUT2D eigenvalue weighted by Gasteiger charge is -2.42. The van der Waals surface area contributed by atoms with Crippen molar-refractivity contribution in [3.8, 4) is 0 Å². The van der Waals surface area contributed by atoms with Crippen LogP contribution in [0.1, 0.15) is 51.2 Å². The highest BCUT2D eigenvalue weighted by atomic mass is 16.5. The zero-order chi connectivity index (χ0) is 23.6. The first-order valence-corrected chi connectivity index (χ1v) is 11.6. The van der Waals surface area contributed by atoms with Gasteiger partial charge < -0.3 is 25.2 Å². The van der Waals surface area contributed by atoms with Crippen molar-refractivity contribution < 1.29 is 25.2 Å². The summed E-state index contributed by atoms with van der Waals surface area (Å²) in [4.78, 5) is 0. The number of rotatable bonds is 6. The lowest BCUT2D eigenvalue weighted by atomic mass is 9.81. The predicted octanol–water partition coefficient (Wildman–Crippen LogP) is 3.39. The number of aliphatic hydroxyl groups excluding tert-OH is 4. The quantitative estimate of drug-likeness (QED) is 0.542. The molecular formula is C27H38O5. The van der Waals surface area contributed by atoms with E-state index < -0.39 is 37.1 Å². The monoisotopic (exact) mass is 442 g/mol. The molecule has 4 N–H and O–H groups in total. The van der Waals surface area contributed by atoms with Gasteiger partial charge in [0.05, 0.1) is 6.61 Å². The topological polar surface area (TPSA) is 90.2 Å². The SMILES string of the molecule is C=C(/C(=C1/CCC/C1=C(/C)Cc1ccc(C)cc1)C(C)C)[C@@H]1O[C@H](CO)[C@@H](O)[C@H](O)[C@H]1O. The third-order valence-corrected chi connectivity index (χ3v) is 6.81. The Balaban J connectivity index is 1.96. The van der Waals surface area contributed by atoms with Crippen LogP contribution in [0, 0.1) is 12.8 Å². The molecule has 0 unspecified atom stereocenters. The van der Waals surface area contributed by atoms with Crippen molar-refractivity contribution in [1.29, 1.82) is 0 Å². The molecule has 32 heavy (non-hydrogen) atoms. The Morgan fingerprint density at radius 2 is 1.66 bits per heavy atom. The van der Waals surface area contributed by atoms with Crippen LogP contribution < -0.4 is 0 Å². The number of ether oxygens (including phenoxy) is 1. The van der Waals surface area contributed by atoms with Crippen LogP contribution in [-0.2, 0) is 11.2 Å². The molecule has 176 valence electrons. The van der Waals surface area contributed by atoms with Gasteiger partial charge in [0.25, 0.3) is 0 Å². The molecule has 3 rings (SSSR count). The van der Waals surface area contributed by atoms with Gasteiger partial charge in [-0.15, -0.1) is 0 Å². The van der Waals surface area contributed by atoms with E-state index in [1.165, 1.54) is 27.8 Å². The van der Waals surface area contributed by atoms with Gasteiger partial charge in [-0.25, -0.2) is 0 Å². The van der Waals surface area contributed by atoms with Crippen molar-refractivity contribution in [2.75, 3.05) is 6.61 Å². The normalized spacial score (nSPS) is 31.7. The van der Waals surface area contributed by atoms with Gasteiger partial charge in [-0.05, 0) is 73.3 Å². The Hall–Kier alpha value is -1.76. The second kappa shape index (κ2) is 10.4. The Morgan fingerprint density at radius 3 is 2.25 bits per heavy atom. The lowest BCUT2D eigenvalue weighted by molar-refractivity contribution is -0.219. The van der Waals surface area contributed by atoms with E-state index in [4.69, 9.17) is 4.74 Å². The number of aryl methyl sites for hydroxylation is 1. The van der Waals surface area contributed by atoms with E-state index in [1.54, 1.807) is 0 Å². The van der Waals surface area contributed by atoms with Gasteiger partial charge in [0.2, 0.25) is 0 Å². The number of allylic oxidation sites excluding steroid dienone is 3. The molecule has 5 heteroatoms. The van der Waals surface area contributed by atoms with Crippen LogP contribution in [0.15, 0.2) is 58.7 Å². The average molecular weight is 443 g/mol. The van der Waals surface area contributed by atoms with Crippen molar-refractivity contribution in [2.45, 2.75) is 83.9 Å². The van der Waals surface area contributed by atoms with Crippen molar-refractivity contribution in [2.24, 2.45) is 5.92 Å². The van der Waals surface area contributed by atoms with Gasteiger partial charge in [-0.3, -0.25) is 0 Å². The summed E-state index contributed by atoms with van der Waals surface area (Å²) in [5, 5.41) is 40.6. The molecule has 0 aromatic heterocycles. The lowest BCUT2D eigenvalue weighted by Crippen LogP contribution is -2.59. The van der Waals surface area contributed by atoms with Crippen LogP contribution >= 0.6 is 0 Å². The Labute approximate surface area is 191 Å². The highest BCUT2D eigenvalue weighted by Crippen LogP contribution is 2.42. The maximum atomic E-state index is 10.6. The van der Waals surface area contributed by atoms with Crippen LogP contribution in [0.5, 0.6) is 0 Å². The molecule has 1 saturated heterocycles. The van der Waals surface area contributed by atoms with Crippen LogP contribution in [0.25, 0.3) is 0 Å². The molecule has 1 saturated carbocycles. The second-order valence-corrected chi connectivity index (χ2v) is 9.60. The van der Waals surface area contributed by atoms with Crippen molar-refractivity contribution in [3.63, 3.8) is 0 Å². The molecule has 1 aliphatic carbocycles. The van der Waals surface area contributed by atoms with E-state index in [1.807, 2.05) is 0 Å². The van der Waals surface area contributed by atoms with Crippen LogP contribution in [0.2, 0.25) is 0 Å². The third kappa shape index (κ3) is 5.08.